The molecule has 0 aromatic rings. The van der Waals surface area contributed by atoms with E-state index in [0.717, 1.165) is 59.7 Å². The van der Waals surface area contributed by atoms with Crippen LogP contribution in [0, 0.1) is 64.6 Å². The molecule has 6 fully saturated rings. The van der Waals surface area contributed by atoms with Gasteiger partial charge in [0.05, 0.1) is 6.10 Å². The topological polar surface area (TPSA) is 20.2 Å². The molecular formula is C23H32O. The molecule has 6 saturated carbocycles. The number of hydrogen-bond acceptors (Lipinski definition) is 1. The van der Waals surface area contributed by atoms with Crippen molar-refractivity contribution in [2.75, 3.05) is 0 Å². The molecule has 0 radical (unpaired) electrons. The molecule has 0 amide bonds. The zero-order valence-corrected chi connectivity index (χ0v) is 14.8. The zero-order chi connectivity index (χ0) is 15.6. The average molecular weight is 325 g/mol. The molecule has 24 heavy (non-hydrogen) atoms. The third kappa shape index (κ3) is 1.33. The van der Waals surface area contributed by atoms with Crippen LogP contribution in [0.4, 0.5) is 0 Å². The van der Waals surface area contributed by atoms with E-state index in [0.29, 0.717) is 11.3 Å². The lowest BCUT2D eigenvalue weighted by Crippen LogP contribution is -2.51. The number of fused-ring (bicyclic) bond motifs is 16. The highest BCUT2D eigenvalue weighted by molar-refractivity contribution is 5.30. The fraction of sp³-hybridized carbons (Fsp3) is 0.913. The van der Waals surface area contributed by atoms with Crippen molar-refractivity contribution in [1.29, 1.82) is 0 Å². The van der Waals surface area contributed by atoms with E-state index in [-0.39, 0.29) is 6.10 Å². The fourth-order valence-corrected chi connectivity index (χ4v) is 10.7. The van der Waals surface area contributed by atoms with Crippen molar-refractivity contribution in [1.82, 2.24) is 0 Å². The van der Waals surface area contributed by atoms with Gasteiger partial charge in [0, 0.05) is 0 Å². The minimum Gasteiger partial charge on any atom is -0.393 e. The molecule has 6 bridgehead atoms. The Balaban J connectivity index is 1.39. The van der Waals surface area contributed by atoms with Crippen LogP contribution in [0.15, 0.2) is 12.2 Å². The third-order valence-electron chi connectivity index (χ3n) is 10.7. The van der Waals surface area contributed by atoms with Crippen LogP contribution in [0.25, 0.3) is 0 Å². The van der Waals surface area contributed by atoms with Crippen molar-refractivity contribution in [3.63, 3.8) is 0 Å². The largest absolute Gasteiger partial charge is 0.393 e. The maximum atomic E-state index is 10.6. The normalized spacial score (nSPS) is 65.7. The van der Waals surface area contributed by atoms with Crippen molar-refractivity contribution >= 4 is 0 Å². The van der Waals surface area contributed by atoms with E-state index < -0.39 is 0 Å². The number of rotatable bonds is 1. The van der Waals surface area contributed by atoms with Crippen LogP contribution >= 0.6 is 0 Å². The summed E-state index contributed by atoms with van der Waals surface area (Å²) in [4.78, 5) is 0. The maximum Gasteiger partial charge on any atom is 0.0574 e. The first kappa shape index (κ1) is 13.8. The van der Waals surface area contributed by atoms with Gasteiger partial charge in [0.25, 0.3) is 0 Å². The summed E-state index contributed by atoms with van der Waals surface area (Å²) in [5, 5.41) is 10.6. The summed E-state index contributed by atoms with van der Waals surface area (Å²) >= 11 is 0. The number of aliphatic hydroxyl groups excluding tert-OH is 1. The van der Waals surface area contributed by atoms with Gasteiger partial charge >= 0.3 is 0 Å². The van der Waals surface area contributed by atoms with E-state index in [1.165, 1.54) is 32.1 Å². The molecule has 1 nitrogen and oxygen atoms in total. The van der Waals surface area contributed by atoms with E-state index in [1.54, 1.807) is 19.3 Å². The van der Waals surface area contributed by atoms with Gasteiger partial charge in [-0.05, 0) is 103 Å². The Morgan fingerprint density at radius 2 is 1.62 bits per heavy atom. The van der Waals surface area contributed by atoms with E-state index in [2.05, 4.69) is 12.2 Å². The SMILES string of the molecule is OC1CC2CC1C1C3CC(C4CCCCC4)(C4C5C=CC(C5)C34)C21. The Labute approximate surface area is 146 Å². The summed E-state index contributed by atoms with van der Waals surface area (Å²) in [5.41, 5.74) is 0.712. The molecule has 7 aliphatic rings. The molecule has 11 unspecified atom stereocenters. The molecule has 7 aliphatic carbocycles. The minimum atomic E-state index is 0.0617. The molecule has 0 aromatic carbocycles. The molecule has 7 rings (SSSR count). The van der Waals surface area contributed by atoms with Gasteiger partial charge in [-0.25, -0.2) is 0 Å². The predicted octanol–water partition coefficient (Wildman–Crippen LogP) is 4.66. The van der Waals surface area contributed by atoms with Crippen molar-refractivity contribution in [3.05, 3.63) is 12.2 Å². The predicted molar refractivity (Wildman–Crippen MR) is 94.0 cm³/mol. The lowest BCUT2D eigenvalue weighted by atomic mass is 9.49. The van der Waals surface area contributed by atoms with E-state index in [1.807, 2.05) is 0 Å². The molecule has 0 heterocycles. The standard InChI is InChI=1S/C23H32O/c24-18-10-14-9-16(18)20-17-11-23(22(14)20,15-4-2-1-3-5-15)21-13-7-6-12(8-13)19(17)21/h6-7,12-22,24H,1-5,8-11H2. The zero-order valence-electron chi connectivity index (χ0n) is 14.8. The van der Waals surface area contributed by atoms with E-state index in [4.69, 9.17) is 0 Å². The lowest BCUT2D eigenvalue weighted by molar-refractivity contribution is -0.0849. The van der Waals surface area contributed by atoms with Gasteiger partial charge < -0.3 is 5.11 Å². The van der Waals surface area contributed by atoms with E-state index in [9.17, 15) is 5.11 Å². The maximum absolute atomic E-state index is 10.6. The summed E-state index contributed by atoms with van der Waals surface area (Å²) in [6.45, 7) is 0. The minimum absolute atomic E-state index is 0.0617. The van der Waals surface area contributed by atoms with Crippen LogP contribution in [0.2, 0.25) is 0 Å². The molecule has 130 valence electrons. The van der Waals surface area contributed by atoms with Gasteiger partial charge in [-0.3, -0.25) is 0 Å². The first-order valence-corrected chi connectivity index (χ1v) is 11.2. The van der Waals surface area contributed by atoms with Crippen LogP contribution in [0.1, 0.15) is 57.8 Å². The van der Waals surface area contributed by atoms with Gasteiger partial charge in [0.1, 0.15) is 0 Å². The Morgan fingerprint density at radius 1 is 0.792 bits per heavy atom. The molecular weight excluding hydrogens is 292 g/mol. The first-order valence-electron chi connectivity index (χ1n) is 11.2. The Morgan fingerprint density at radius 3 is 2.50 bits per heavy atom. The quantitative estimate of drug-likeness (QED) is 0.549. The number of hydrogen-bond donors (Lipinski definition) is 1. The van der Waals surface area contributed by atoms with Gasteiger partial charge in [-0.15, -0.1) is 0 Å². The van der Waals surface area contributed by atoms with Crippen molar-refractivity contribution < 1.29 is 5.11 Å². The summed E-state index contributed by atoms with van der Waals surface area (Å²) in [6.07, 6.45) is 18.5. The summed E-state index contributed by atoms with van der Waals surface area (Å²) in [7, 11) is 0. The van der Waals surface area contributed by atoms with Crippen LogP contribution < -0.4 is 0 Å². The molecule has 1 N–H and O–H groups in total. The van der Waals surface area contributed by atoms with Crippen molar-refractivity contribution in [3.8, 4) is 0 Å². The molecule has 0 spiro atoms. The Bertz CT molecular complexity index is 603. The Hall–Kier alpha value is -0.300. The highest BCUT2D eigenvalue weighted by Crippen LogP contribution is 2.82. The lowest BCUT2D eigenvalue weighted by Gasteiger charge is -2.55. The van der Waals surface area contributed by atoms with Crippen LogP contribution in [0.3, 0.4) is 0 Å². The highest BCUT2D eigenvalue weighted by Gasteiger charge is 2.77. The van der Waals surface area contributed by atoms with Gasteiger partial charge in [0.15, 0.2) is 0 Å². The van der Waals surface area contributed by atoms with Gasteiger partial charge in [-0.1, -0.05) is 31.4 Å². The highest BCUT2D eigenvalue weighted by atomic mass is 16.3. The van der Waals surface area contributed by atoms with Gasteiger partial charge in [0.2, 0.25) is 0 Å². The van der Waals surface area contributed by atoms with Crippen molar-refractivity contribution in [2.24, 2.45) is 64.6 Å². The van der Waals surface area contributed by atoms with Crippen LogP contribution in [0.5, 0.6) is 0 Å². The van der Waals surface area contributed by atoms with Gasteiger partial charge in [-0.2, -0.15) is 0 Å². The second-order valence-electron chi connectivity index (χ2n) is 10.9. The fourth-order valence-electron chi connectivity index (χ4n) is 10.7. The van der Waals surface area contributed by atoms with Crippen molar-refractivity contribution in [2.45, 2.75) is 63.9 Å². The van der Waals surface area contributed by atoms with Crippen LogP contribution in [-0.2, 0) is 0 Å². The smallest absolute Gasteiger partial charge is 0.0574 e. The molecule has 11 atom stereocenters. The second-order valence-corrected chi connectivity index (χ2v) is 10.9. The summed E-state index contributed by atoms with van der Waals surface area (Å²) in [6, 6.07) is 0. The molecule has 0 aromatic heterocycles. The molecule has 0 saturated heterocycles. The third-order valence-corrected chi connectivity index (χ3v) is 10.7. The molecule has 1 heteroatoms. The monoisotopic (exact) mass is 324 g/mol. The van der Waals surface area contributed by atoms with E-state index >= 15 is 0 Å². The Kier molecular flexibility index (Phi) is 2.50. The number of allylic oxidation sites excluding steroid dienone is 2. The van der Waals surface area contributed by atoms with Crippen LogP contribution in [-0.4, -0.2) is 11.2 Å². The average Bonchev–Trinajstić information content (AvgIpc) is 3.39. The summed E-state index contributed by atoms with van der Waals surface area (Å²) < 4.78 is 0. The first-order chi connectivity index (χ1) is 11.8. The second kappa shape index (κ2) is 4.33. The number of aliphatic hydroxyl groups is 1. The summed E-state index contributed by atoms with van der Waals surface area (Å²) in [5.74, 6) is 9.51. The molecule has 0 aliphatic heterocycles.